The highest BCUT2D eigenvalue weighted by Gasteiger charge is 2.57. The van der Waals surface area contributed by atoms with Crippen molar-refractivity contribution in [2.24, 2.45) is 0 Å². The van der Waals surface area contributed by atoms with Gasteiger partial charge >= 0.3 is 0 Å². The van der Waals surface area contributed by atoms with Crippen LogP contribution in [-0.2, 0) is 10.8 Å². The molecule has 14 aromatic carbocycles. The van der Waals surface area contributed by atoms with E-state index in [1.165, 1.54) is 60.8 Å². The maximum atomic E-state index is 7.13. The molecule has 0 bridgehead atoms. The lowest BCUT2D eigenvalue weighted by molar-refractivity contribution is 0.473. The Bertz CT molecular complexity index is 5930. The molecule has 0 saturated heterocycles. The smallest absolute Gasteiger partial charge is 0.151 e. The van der Waals surface area contributed by atoms with Gasteiger partial charge in [-0.15, -0.1) is 0 Å². The van der Waals surface area contributed by atoms with Crippen LogP contribution < -0.4 is 19.4 Å². The minimum absolute atomic E-state index is 0.463. The van der Waals surface area contributed by atoms with Crippen molar-refractivity contribution in [3.05, 3.63) is 317 Å². The Labute approximate surface area is 531 Å². The normalized spacial score (nSPS) is 15.2. The monoisotopic (exact) mass is 1180 g/mol. The maximum absolute atomic E-state index is 7.13. The molecule has 6 heteroatoms. The molecule has 20 rings (SSSR count). The number of rotatable bonds is 6. The van der Waals surface area contributed by atoms with Gasteiger partial charge in [-0.3, -0.25) is 0 Å². The van der Waals surface area contributed by atoms with Crippen LogP contribution in [0.3, 0.4) is 0 Å². The van der Waals surface area contributed by atoms with Crippen LogP contribution >= 0.6 is 0 Å². The number of nitrogens with zero attached hydrogens (tertiary/aromatic N) is 3. The van der Waals surface area contributed by atoms with Crippen LogP contribution in [0, 0.1) is 13.8 Å². The summed E-state index contributed by atoms with van der Waals surface area (Å²) in [6.45, 7) is 9.36. The summed E-state index contributed by atoms with van der Waals surface area (Å²) < 4.78 is 21.0. The average Bonchev–Trinajstić information content (AvgIpc) is 1.44. The van der Waals surface area contributed by atoms with Crippen LogP contribution in [-0.4, -0.2) is 0 Å². The first-order valence-electron chi connectivity index (χ1n) is 31.9. The topological polar surface area (TPSA) is 45.2 Å². The number of para-hydroxylation sites is 6. The van der Waals surface area contributed by atoms with E-state index in [9.17, 15) is 0 Å². The Hall–Kier alpha value is -11.6. The quantitative estimate of drug-likeness (QED) is 0.165. The zero-order chi connectivity index (χ0) is 60.9. The van der Waals surface area contributed by atoms with Crippen molar-refractivity contribution >= 4 is 117 Å². The van der Waals surface area contributed by atoms with Gasteiger partial charge in [-0.2, -0.15) is 0 Å². The minimum atomic E-state index is -0.923. The van der Waals surface area contributed by atoms with Gasteiger partial charge in [0.25, 0.3) is 0 Å². The van der Waals surface area contributed by atoms with Crippen LogP contribution in [0.1, 0.15) is 58.4 Å². The Morgan fingerprint density at radius 3 is 1.51 bits per heavy atom. The number of ether oxygens (including phenoxy) is 1. The number of benzene rings is 14. The van der Waals surface area contributed by atoms with Gasteiger partial charge in [-0.05, 0) is 200 Å². The molecule has 6 nitrogen and oxygen atoms in total. The molecule has 0 saturated carbocycles. The lowest BCUT2D eigenvalue weighted by Crippen LogP contribution is -2.37. The summed E-state index contributed by atoms with van der Waals surface area (Å²) in [5.41, 5.74) is 26.1. The molecule has 0 fully saturated rings. The molecular weight excluding hydrogens is 1120 g/mol. The Morgan fingerprint density at radius 2 is 0.837 bits per heavy atom. The van der Waals surface area contributed by atoms with Crippen LogP contribution in [0.15, 0.2) is 282 Å². The Morgan fingerprint density at radius 1 is 0.337 bits per heavy atom. The molecule has 4 heterocycles. The zero-order valence-electron chi connectivity index (χ0n) is 51.0. The summed E-state index contributed by atoms with van der Waals surface area (Å²) in [5.74, 6) is 1.64. The fourth-order valence-electron chi connectivity index (χ4n) is 16.8. The predicted octanol–water partition coefficient (Wildman–Crippen LogP) is 23.9. The molecule has 1 atom stereocenters. The van der Waals surface area contributed by atoms with Crippen molar-refractivity contribution in [1.82, 2.24) is 0 Å². The summed E-state index contributed by atoms with van der Waals surface area (Å²) in [7, 11) is 0. The third-order valence-electron chi connectivity index (χ3n) is 20.8. The zero-order valence-corrected chi connectivity index (χ0v) is 51.0. The fourth-order valence-corrected chi connectivity index (χ4v) is 16.8. The molecular formula is C86H57N3O3. The molecule has 2 aliphatic heterocycles. The fraction of sp³-hybridized carbons (Fsp3) is 0.0698. The van der Waals surface area contributed by atoms with Crippen LogP contribution in [0.4, 0.5) is 51.2 Å². The van der Waals surface area contributed by atoms with Gasteiger partial charge < -0.3 is 28.3 Å². The van der Waals surface area contributed by atoms with E-state index >= 15 is 0 Å². The summed E-state index contributed by atoms with van der Waals surface area (Å²) in [4.78, 5) is 7.45. The van der Waals surface area contributed by atoms with Gasteiger partial charge in [-0.1, -0.05) is 172 Å². The predicted molar refractivity (Wildman–Crippen MR) is 378 cm³/mol. The molecule has 1 unspecified atom stereocenters. The van der Waals surface area contributed by atoms with Gasteiger partial charge in [0, 0.05) is 73.1 Å². The summed E-state index contributed by atoms with van der Waals surface area (Å²) >= 11 is 0. The first-order chi connectivity index (χ1) is 45.2. The number of fused-ring (bicyclic) bond motifs is 23. The average molecular weight is 1180 g/mol. The number of anilines is 9. The highest BCUT2D eigenvalue weighted by molar-refractivity contribution is 6.14. The van der Waals surface area contributed by atoms with E-state index in [2.05, 4.69) is 315 Å². The van der Waals surface area contributed by atoms with Crippen LogP contribution in [0.25, 0.3) is 87.7 Å². The molecule has 16 aromatic rings. The Balaban J connectivity index is 0.904. The summed E-state index contributed by atoms with van der Waals surface area (Å²) in [5, 5.41) is 9.07. The highest BCUT2D eigenvalue weighted by atomic mass is 16.5. The molecule has 0 amide bonds. The van der Waals surface area contributed by atoms with E-state index in [1.807, 2.05) is 0 Å². The second-order valence-electron chi connectivity index (χ2n) is 26.0. The molecule has 0 N–H and O–H groups in total. The van der Waals surface area contributed by atoms with Crippen molar-refractivity contribution in [3.8, 4) is 33.8 Å². The van der Waals surface area contributed by atoms with E-state index in [1.54, 1.807) is 0 Å². The SMILES string of the molecule is Cc1ccccc1N(c1ccc2c(c1)C1(c3ccccc3N3c4ccccc4Oc4cccc1c43)c1cc(N(c3ccc4c(c3)oc3cc5ccccc5cc34)c3ccccc3C)c3c(c1-2)C(C)(C)c1ccccc1-3)c1ccc2c(c1)oc1cc3ccccc3cc12. The number of aryl methyl sites for hydroxylation is 2. The number of hydrogen-bond donors (Lipinski definition) is 0. The van der Waals surface area contributed by atoms with Gasteiger partial charge in [0.15, 0.2) is 11.5 Å². The van der Waals surface area contributed by atoms with E-state index in [-0.39, 0.29) is 0 Å². The minimum Gasteiger partial charge on any atom is -0.456 e. The van der Waals surface area contributed by atoms with E-state index in [4.69, 9.17) is 13.6 Å². The van der Waals surface area contributed by atoms with Crippen molar-refractivity contribution in [2.75, 3.05) is 14.7 Å². The molecule has 0 radical (unpaired) electrons. The lowest BCUT2D eigenvalue weighted by atomic mass is 9.64. The van der Waals surface area contributed by atoms with Gasteiger partial charge in [0.1, 0.15) is 22.3 Å². The molecule has 4 aliphatic rings. The van der Waals surface area contributed by atoms with Crippen molar-refractivity contribution < 1.29 is 13.6 Å². The molecule has 92 heavy (non-hydrogen) atoms. The van der Waals surface area contributed by atoms with Crippen molar-refractivity contribution in [2.45, 2.75) is 38.5 Å². The van der Waals surface area contributed by atoms with Crippen LogP contribution in [0.2, 0.25) is 0 Å². The van der Waals surface area contributed by atoms with Crippen molar-refractivity contribution in [3.63, 3.8) is 0 Å². The standard InChI is InChI=1S/C86H57N3O3/c1-50-20-5-14-30-70(50)87(57-36-39-59-63-42-52-22-7-9-24-54(52)44-77(63)91-79(59)47-57)56-38-41-62-68(46-56)86(66-28-13-16-32-72(66)89-73-33-17-18-34-75(73)90-76-35-19-29-67(86)84(76)89)69-49-74(82-61-26-11-12-27-65(61)85(3,4)83(82)81(62)69)88(71-31-15-6-21-51(71)2)58-37-40-60-64-43-53-23-8-10-25-55(53)45-78(64)92-80(60)48-58/h5-49H,1-4H3. The number of hydrogen-bond acceptors (Lipinski definition) is 6. The largest absolute Gasteiger partial charge is 0.456 e. The van der Waals surface area contributed by atoms with E-state index in [0.29, 0.717) is 0 Å². The van der Waals surface area contributed by atoms with E-state index < -0.39 is 10.8 Å². The van der Waals surface area contributed by atoms with Crippen molar-refractivity contribution in [1.29, 1.82) is 0 Å². The number of furan rings is 2. The lowest BCUT2D eigenvalue weighted by Gasteiger charge is -2.47. The first-order valence-corrected chi connectivity index (χ1v) is 31.9. The third kappa shape index (κ3) is 6.82. The van der Waals surface area contributed by atoms with Crippen LogP contribution in [0.5, 0.6) is 11.5 Å². The van der Waals surface area contributed by atoms with Gasteiger partial charge in [0.2, 0.25) is 0 Å². The summed E-state index contributed by atoms with van der Waals surface area (Å²) in [6.07, 6.45) is 0. The molecule has 434 valence electrons. The maximum Gasteiger partial charge on any atom is 0.151 e. The molecule has 1 spiro atoms. The van der Waals surface area contributed by atoms with Gasteiger partial charge in [0.05, 0.1) is 28.2 Å². The highest BCUT2D eigenvalue weighted by Crippen LogP contribution is 2.71. The second-order valence-corrected chi connectivity index (χ2v) is 26.0. The molecule has 2 aromatic heterocycles. The second kappa shape index (κ2) is 18.5. The molecule has 2 aliphatic carbocycles. The summed E-state index contributed by atoms with van der Waals surface area (Å²) in [6, 6.07) is 101. The van der Waals surface area contributed by atoms with Gasteiger partial charge in [-0.25, -0.2) is 0 Å². The first kappa shape index (κ1) is 51.3. The Kier molecular flexibility index (Phi) is 10.3. The van der Waals surface area contributed by atoms with E-state index in [0.717, 1.165) is 134 Å². The third-order valence-corrected chi connectivity index (χ3v) is 20.8.